The Hall–Kier alpha value is -3.38. The van der Waals surface area contributed by atoms with Crippen LogP contribution in [0.15, 0.2) is 72.8 Å². The number of hydrogen-bond donors (Lipinski definition) is 2. The monoisotopic (exact) mass is 485 g/mol. The van der Waals surface area contributed by atoms with Crippen LogP contribution in [0.4, 0.5) is 22.7 Å². The number of para-hydroxylation sites is 2. The van der Waals surface area contributed by atoms with Crippen molar-refractivity contribution in [1.82, 2.24) is 4.57 Å². The third-order valence-electron chi connectivity index (χ3n) is 7.29. The summed E-state index contributed by atoms with van der Waals surface area (Å²) >= 11 is 0. The van der Waals surface area contributed by atoms with E-state index in [1.54, 1.807) is 4.57 Å². The van der Waals surface area contributed by atoms with Crippen molar-refractivity contribution < 1.29 is 9.59 Å². The molecule has 0 spiro atoms. The third-order valence-corrected chi connectivity index (χ3v) is 14.0. The van der Waals surface area contributed by atoms with Crippen LogP contribution in [0.2, 0.25) is 16.6 Å². The van der Waals surface area contributed by atoms with E-state index >= 15 is 0 Å². The van der Waals surface area contributed by atoms with Crippen molar-refractivity contribution in [3.8, 4) is 0 Å². The Morgan fingerprint density at radius 3 is 1.26 bits per heavy atom. The molecule has 3 aromatic rings. The molecule has 0 unspecified atom stereocenters. The molecule has 0 bridgehead atoms. The minimum Gasteiger partial charge on any atom is -0.354 e. The van der Waals surface area contributed by atoms with Gasteiger partial charge in [-0.3, -0.25) is 9.59 Å². The number of fused-ring (bicyclic) bond motifs is 1. The molecule has 0 atom stereocenters. The first-order valence-corrected chi connectivity index (χ1v) is 14.6. The molecular weight excluding hydrogens is 450 g/mol. The number of hydrogen-bond acceptors (Lipinski definition) is 4. The molecule has 1 aliphatic rings. The van der Waals surface area contributed by atoms with Gasteiger partial charge in [-0.25, -0.2) is 0 Å². The van der Waals surface area contributed by atoms with E-state index in [9.17, 15) is 9.59 Å². The van der Waals surface area contributed by atoms with Gasteiger partial charge in [-0.05, 0) is 53.0 Å². The summed E-state index contributed by atoms with van der Waals surface area (Å²) in [5.74, 6) is -0.315. The molecule has 0 aliphatic carbocycles. The molecule has 5 nitrogen and oxygen atoms in total. The normalized spacial score (nSPS) is 13.7. The van der Waals surface area contributed by atoms with Gasteiger partial charge < -0.3 is 15.2 Å². The summed E-state index contributed by atoms with van der Waals surface area (Å²) < 4.78 is 1.69. The standard InChI is InChI=1S/C29H35N3O2Si/c1-19(2)35(20(3)4,21(5)6)32-28(33)24-17-26(30-22-13-9-7-10-14-22)27(18-25(24)29(32)34)31-23-15-11-8-12-16-23/h7-21,30-31H,1-6H3. The van der Waals surface area contributed by atoms with Gasteiger partial charge in [0.05, 0.1) is 22.5 Å². The molecule has 1 aliphatic heterocycles. The van der Waals surface area contributed by atoms with E-state index in [-0.39, 0.29) is 28.4 Å². The Morgan fingerprint density at radius 2 is 0.943 bits per heavy atom. The number of carbonyl (C=O) groups excluding carboxylic acids is 2. The van der Waals surface area contributed by atoms with Crippen LogP contribution in [-0.2, 0) is 0 Å². The number of carbonyl (C=O) groups is 2. The van der Waals surface area contributed by atoms with Gasteiger partial charge in [-0.1, -0.05) is 77.9 Å². The number of rotatable bonds is 8. The quantitative estimate of drug-likeness (QED) is 0.251. The Labute approximate surface area is 209 Å². The average molecular weight is 486 g/mol. The molecule has 0 fully saturated rings. The molecule has 0 saturated heterocycles. The van der Waals surface area contributed by atoms with Gasteiger partial charge in [0.25, 0.3) is 11.8 Å². The van der Waals surface area contributed by atoms with E-state index in [1.807, 2.05) is 72.8 Å². The number of imide groups is 1. The first-order valence-electron chi connectivity index (χ1n) is 12.4. The van der Waals surface area contributed by atoms with Crippen LogP contribution in [-0.4, -0.2) is 24.6 Å². The Bertz CT molecular complexity index is 1120. The fraction of sp³-hybridized carbons (Fsp3) is 0.310. The van der Waals surface area contributed by atoms with Gasteiger partial charge >= 0.3 is 0 Å². The molecule has 3 aromatic carbocycles. The number of nitrogens with one attached hydrogen (secondary N) is 2. The summed E-state index contributed by atoms with van der Waals surface area (Å²) in [5.41, 5.74) is 5.02. The third kappa shape index (κ3) is 4.27. The summed E-state index contributed by atoms with van der Waals surface area (Å²) in [5, 5.41) is 6.89. The highest BCUT2D eigenvalue weighted by Gasteiger charge is 2.56. The molecule has 2 amide bonds. The summed E-state index contributed by atoms with van der Waals surface area (Å²) in [6, 6.07) is 23.4. The predicted molar refractivity (Wildman–Crippen MR) is 147 cm³/mol. The minimum atomic E-state index is -2.51. The number of benzene rings is 3. The molecule has 0 aromatic heterocycles. The van der Waals surface area contributed by atoms with Crippen molar-refractivity contribution in [1.29, 1.82) is 0 Å². The van der Waals surface area contributed by atoms with Gasteiger partial charge in [-0.15, -0.1) is 0 Å². The van der Waals surface area contributed by atoms with Crippen molar-refractivity contribution in [3.05, 3.63) is 83.9 Å². The van der Waals surface area contributed by atoms with Gasteiger partial charge in [0, 0.05) is 11.4 Å². The van der Waals surface area contributed by atoms with E-state index in [1.165, 1.54) is 0 Å². The van der Waals surface area contributed by atoms with E-state index in [0.717, 1.165) is 22.7 Å². The lowest BCUT2D eigenvalue weighted by atomic mass is 10.1. The summed E-state index contributed by atoms with van der Waals surface area (Å²) in [7, 11) is -2.51. The van der Waals surface area contributed by atoms with Gasteiger partial charge in [0.15, 0.2) is 8.24 Å². The van der Waals surface area contributed by atoms with E-state index in [4.69, 9.17) is 0 Å². The second-order valence-corrected chi connectivity index (χ2v) is 15.9. The van der Waals surface area contributed by atoms with Gasteiger partial charge in [0.2, 0.25) is 0 Å². The molecule has 1 heterocycles. The molecule has 0 saturated carbocycles. The first kappa shape index (κ1) is 24.7. The second kappa shape index (κ2) is 9.70. The zero-order chi connectivity index (χ0) is 25.3. The fourth-order valence-electron chi connectivity index (χ4n) is 5.97. The van der Waals surface area contributed by atoms with Crippen LogP contribution in [0.25, 0.3) is 0 Å². The maximum absolute atomic E-state index is 13.9. The highest BCUT2D eigenvalue weighted by Crippen LogP contribution is 2.48. The lowest BCUT2D eigenvalue weighted by Crippen LogP contribution is -2.62. The molecule has 182 valence electrons. The van der Waals surface area contributed by atoms with Crippen molar-refractivity contribution in [2.24, 2.45) is 0 Å². The zero-order valence-electron chi connectivity index (χ0n) is 21.4. The molecule has 2 N–H and O–H groups in total. The van der Waals surface area contributed by atoms with Crippen LogP contribution < -0.4 is 10.6 Å². The molecule has 6 heteroatoms. The van der Waals surface area contributed by atoms with Crippen LogP contribution >= 0.6 is 0 Å². The smallest absolute Gasteiger partial charge is 0.253 e. The number of amides is 2. The molecule has 0 radical (unpaired) electrons. The average Bonchev–Trinajstić information content (AvgIpc) is 3.05. The second-order valence-electron chi connectivity index (χ2n) is 10.2. The van der Waals surface area contributed by atoms with Gasteiger partial charge in [0.1, 0.15) is 0 Å². The summed E-state index contributed by atoms with van der Waals surface area (Å²) in [4.78, 5) is 27.9. The highest BCUT2D eigenvalue weighted by atomic mass is 28.3. The van der Waals surface area contributed by atoms with Crippen molar-refractivity contribution >= 4 is 42.8 Å². The molecule has 4 rings (SSSR count). The maximum atomic E-state index is 13.9. The zero-order valence-corrected chi connectivity index (χ0v) is 22.4. The number of nitrogens with zero attached hydrogens (tertiary/aromatic N) is 1. The van der Waals surface area contributed by atoms with Crippen molar-refractivity contribution in [3.63, 3.8) is 0 Å². The van der Waals surface area contributed by atoms with E-state index in [2.05, 4.69) is 52.2 Å². The minimum absolute atomic E-state index is 0.157. The first-order chi connectivity index (χ1) is 16.7. The maximum Gasteiger partial charge on any atom is 0.253 e. The van der Waals surface area contributed by atoms with Crippen molar-refractivity contribution in [2.75, 3.05) is 10.6 Å². The van der Waals surface area contributed by atoms with Crippen LogP contribution in [0.5, 0.6) is 0 Å². The van der Waals surface area contributed by atoms with Gasteiger partial charge in [-0.2, -0.15) is 0 Å². The Balaban J connectivity index is 1.85. The topological polar surface area (TPSA) is 61.4 Å². The number of anilines is 4. The van der Waals surface area contributed by atoms with E-state index in [0.29, 0.717) is 11.1 Å². The van der Waals surface area contributed by atoms with E-state index < -0.39 is 8.24 Å². The lowest BCUT2D eigenvalue weighted by molar-refractivity contribution is 0.0742. The summed E-state index contributed by atoms with van der Waals surface area (Å²) in [6.07, 6.45) is 0. The highest BCUT2D eigenvalue weighted by molar-refractivity contribution is 6.85. The lowest BCUT2D eigenvalue weighted by Gasteiger charge is -2.48. The van der Waals surface area contributed by atoms with Crippen LogP contribution in [0, 0.1) is 0 Å². The summed E-state index contributed by atoms with van der Waals surface area (Å²) in [6.45, 7) is 13.0. The Morgan fingerprint density at radius 1 is 0.600 bits per heavy atom. The largest absolute Gasteiger partial charge is 0.354 e. The molecule has 35 heavy (non-hydrogen) atoms. The molecular formula is C29H35N3O2Si. The SMILES string of the molecule is CC(C)[Si](C(C)C)(C(C)C)N1C(=O)c2cc(Nc3ccccc3)c(Nc3ccccc3)cc2C1=O. The van der Waals surface area contributed by atoms with Crippen LogP contribution in [0.3, 0.4) is 0 Å². The van der Waals surface area contributed by atoms with Crippen LogP contribution in [0.1, 0.15) is 62.3 Å². The Kier molecular flexibility index (Phi) is 6.85. The predicted octanol–water partition coefficient (Wildman–Crippen LogP) is 7.95. The van der Waals surface area contributed by atoms with Crippen molar-refractivity contribution in [2.45, 2.75) is 58.2 Å². The fourth-order valence-corrected chi connectivity index (χ4v) is 12.5.